The monoisotopic (exact) mass is 254 g/mol. The van der Waals surface area contributed by atoms with E-state index in [2.05, 4.69) is 5.32 Å². The van der Waals surface area contributed by atoms with Crippen LogP contribution >= 0.6 is 0 Å². The van der Waals surface area contributed by atoms with E-state index in [-0.39, 0.29) is 23.4 Å². The summed E-state index contributed by atoms with van der Waals surface area (Å²) in [5.74, 6) is -2.06. The maximum atomic E-state index is 13.0. The van der Waals surface area contributed by atoms with Crippen molar-refractivity contribution in [3.63, 3.8) is 0 Å². The summed E-state index contributed by atoms with van der Waals surface area (Å²) < 4.78 is 25.8. The van der Waals surface area contributed by atoms with Crippen molar-refractivity contribution in [1.82, 2.24) is 5.32 Å². The Bertz CT molecular complexity index is 451. The van der Waals surface area contributed by atoms with Gasteiger partial charge in [-0.3, -0.25) is 4.79 Å². The Labute approximate surface area is 104 Å². The minimum Gasteiger partial charge on any atom is -0.349 e. The first-order valence-corrected chi connectivity index (χ1v) is 6.08. The van der Waals surface area contributed by atoms with E-state index in [0.717, 1.165) is 31.4 Å². The van der Waals surface area contributed by atoms with Crippen LogP contribution < -0.4 is 11.1 Å². The van der Waals surface area contributed by atoms with Crippen molar-refractivity contribution in [2.75, 3.05) is 6.54 Å². The van der Waals surface area contributed by atoms with Crippen molar-refractivity contribution < 1.29 is 13.6 Å². The van der Waals surface area contributed by atoms with Gasteiger partial charge in [-0.2, -0.15) is 0 Å². The Morgan fingerprint density at radius 2 is 2.11 bits per heavy atom. The van der Waals surface area contributed by atoms with E-state index in [1.165, 1.54) is 6.07 Å². The van der Waals surface area contributed by atoms with Crippen molar-refractivity contribution in [3.8, 4) is 0 Å². The number of hydrogen-bond donors (Lipinski definition) is 2. The Morgan fingerprint density at radius 1 is 1.33 bits per heavy atom. The van der Waals surface area contributed by atoms with Crippen molar-refractivity contribution in [3.05, 3.63) is 35.4 Å². The molecule has 1 amide bonds. The van der Waals surface area contributed by atoms with Gasteiger partial charge in [0.2, 0.25) is 0 Å². The standard InChI is InChI=1S/C13H16F2N2O/c14-10-5-4-8(6-11(10)15)13(18)17-12-3-1-2-9(12)7-16/h4-6,9,12H,1-3,7,16H2,(H,17,18). The summed E-state index contributed by atoms with van der Waals surface area (Å²) in [6.07, 6.45) is 2.92. The van der Waals surface area contributed by atoms with Crippen molar-refractivity contribution in [2.45, 2.75) is 25.3 Å². The zero-order chi connectivity index (χ0) is 13.1. The molecule has 1 aliphatic rings. The van der Waals surface area contributed by atoms with Crippen LogP contribution in [0.15, 0.2) is 18.2 Å². The van der Waals surface area contributed by atoms with E-state index >= 15 is 0 Å². The molecule has 0 heterocycles. The number of nitrogens with two attached hydrogens (primary N) is 1. The normalized spacial score (nSPS) is 23.1. The molecule has 0 radical (unpaired) electrons. The molecule has 98 valence electrons. The second-order valence-electron chi connectivity index (χ2n) is 4.64. The average molecular weight is 254 g/mol. The zero-order valence-electron chi connectivity index (χ0n) is 9.96. The Morgan fingerprint density at radius 3 is 2.78 bits per heavy atom. The van der Waals surface area contributed by atoms with Gasteiger partial charge in [0, 0.05) is 11.6 Å². The summed E-state index contributed by atoms with van der Waals surface area (Å²) >= 11 is 0. The first-order chi connectivity index (χ1) is 8.61. The van der Waals surface area contributed by atoms with E-state index in [9.17, 15) is 13.6 Å². The molecule has 0 saturated heterocycles. The third-order valence-electron chi connectivity index (χ3n) is 3.46. The number of rotatable bonds is 3. The summed E-state index contributed by atoms with van der Waals surface area (Å²) in [7, 11) is 0. The highest BCUT2D eigenvalue weighted by atomic mass is 19.2. The fraction of sp³-hybridized carbons (Fsp3) is 0.462. The molecule has 1 saturated carbocycles. The minimum atomic E-state index is -1.01. The van der Waals surface area contributed by atoms with Gasteiger partial charge in [-0.05, 0) is 43.5 Å². The van der Waals surface area contributed by atoms with Crippen molar-refractivity contribution in [1.29, 1.82) is 0 Å². The topological polar surface area (TPSA) is 55.1 Å². The summed E-state index contributed by atoms with van der Waals surface area (Å²) in [4.78, 5) is 11.9. The predicted molar refractivity (Wildman–Crippen MR) is 64.0 cm³/mol. The fourth-order valence-electron chi connectivity index (χ4n) is 2.40. The molecule has 2 rings (SSSR count). The number of benzene rings is 1. The van der Waals surface area contributed by atoms with Crippen LogP contribution in [0.5, 0.6) is 0 Å². The molecule has 1 fully saturated rings. The lowest BCUT2D eigenvalue weighted by atomic mass is 10.0. The third kappa shape index (κ3) is 2.67. The Kier molecular flexibility index (Phi) is 3.91. The van der Waals surface area contributed by atoms with E-state index in [1.807, 2.05) is 0 Å². The van der Waals surface area contributed by atoms with Crippen molar-refractivity contribution >= 4 is 5.91 Å². The van der Waals surface area contributed by atoms with E-state index < -0.39 is 11.6 Å². The number of nitrogens with one attached hydrogen (secondary N) is 1. The maximum absolute atomic E-state index is 13.0. The van der Waals surface area contributed by atoms with Gasteiger partial charge in [-0.1, -0.05) is 6.42 Å². The van der Waals surface area contributed by atoms with Gasteiger partial charge < -0.3 is 11.1 Å². The number of halogens is 2. The van der Waals surface area contributed by atoms with Gasteiger partial charge >= 0.3 is 0 Å². The van der Waals surface area contributed by atoms with Gasteiger partial charge in [0.05, 0.1) is 0 Å². The Hall–Kier alpha value is -1.49. The summed E-state index contributed by atoms with van der Waals surface area (Å²) in [5.41, 5.74) is 5.76. The molecule has 1 aromatic carbocycles. The summed E-state index contributed by atoms with van der Waals surface area (Å²) in [5, 5.41) is 2.83. The van der Waals surface area contributed by atoms with Gasteiger partial charge in [0.15, 0.2) is 11.6 Å². The highest BCUT2D eigenvalue weighted by molar-refractivity contribution is 5.94. The van der Waals surface area contributed by atoms with Crippen LogP contribution in [0, 0.1) is 17.6 Å². The van der Waals surface area contributed by atoms with Gasteiger partial charge in [-0.15, -0.1) is 0 Å². The molecule has 2 unspecified atom stereocenters. The molecule has 2 atom stereocenters. The molecule has 1 aromatic rings. The lowest BCUT2D eigenvalue weighted by molar-refractivity contribution is 0.0928. The highest BCUT2D eigenvalue weighted by Gasteiger charge is 2.27. The van der Waals surface area contributed by atoms with E-state index in [1.54, 1.807) is 0 Å². The number of carbonyl (C=O) groups is 1. The number of hydrogen-bond acceptors (Lipinski definition) is 2. The van der Waals surface area contributed by atoms with Crippen LogP contribution in [-0.2, 0) is 0 Å². The third-order valence-corrected chi connectivity index (χ3v) is 3.46. The number of carbonyl (C=O) groups excluding carboxylic acids is 1. The lowest BCUT2D eigenvalue weighted by Gasteiger charge is -2.19. The van der Waals surface area contributed by atoms with Crippen LogP contribution in [0.25, 0.3) is 0 Å². The van der Waals surface area contributed by atoms with Gasteiger partial charge in [-0.25, -0.2) is 8.78 Å². The second kappa shape index (κ2) is 5.44. The Balaban J connectivity index is 2.05. The molecule has 18 heavy (non-hydrogen) atoms. The molecule has 1 aliphatic carbocycles. The van der Waals surface area contributed by atoms with Crippen LogP contribution in [0.1, 0.15) is 29.6 Å². The fourth-order valence-corrected chi connectivity index (χ4v) is 2.40. The molecule has 0 aliphatic heterocycles. The summed E-state index contributed by atoms with van der Waals surface area (Å²) in [6.45, 7) is 0.530. The first kappa shape index (κ1) is 13.0. The molecular weight excluding hydrogens is 238 g/mol. The van der Waals surface area contributed by atoms with Crippen LogP contribution in [-0.4, -0.2) is 18.5 Å². The van der Waals surface area contributed by atoms with Gasteiger partial charge in [0.1, 0.15) is 0 Å². The van der Waals surface area contributed by atoms with Crippen LogP contribution in [0.3, 0.4) is 0 Å². The second-order valence-corrected chi connectivity index (χ2v) is 4.64. The highest BCUT2D eigenvalue weighted by Crippen LogP contribution is 2.24. The largest absolute Gasteiger partial charge is 0.349 e. The smallest absolute Gasteiger partial charge is 0.251 e. The lowest BCUT2D eigenvalue weighted by Crippen LogP contribution is -2.39. The van der Waals surface area contributed by atoms with E-state index in [0.29, 0.717) is 6.54 Å². The molecule has 0 bridgehead atoms. The van der Waals surface area contributed by atoms with E-state index in [4.69, 9.17) is 5.73 Å². The maximum Gasteiger partial charge on any atom is 0.251 e. The SMILES string of the molecule is NCC1CCCC1NC(=O)c1ccc(F)c(F)c1. The van der Waals surface area contributed by atoms with Crippen molar-refractivity contribution in [2.24, 2.45) is 11.7 Å². The van der Waals surface area contributed by atoms with Crippen LogP contribution in [0.2, 0.25) is 0 Å². The molecule has 0 aromatic heterocycles. The molecule has 0 spiro atoms. The van der Waals surface area contributed by atoms with Crippen LogP contribution in [0.4, 0.5) is 8.78 Å². The predicted octanol–water partition coefficient (Wildman–Crippen LogP) is 1.82. The minimum absolute atomic E-state index is 0.0376. The first-order valence-electron chi connectivity index (χ1n) is 6.08. The zero-order valence-corrected chi connectivity index (χ0v) is 9.96. The molecule has 3 nitrogen and oxygen atoms in total. The summed E-state index contributed by atoms with van der Waals surface area (Å²) in [6, 6.07) is 3.19. The molecular formula is C13H16F2N2O. The number of amides is 1. The molecule has 3 N–H and O–H groups in total. The van der Waals surface area contributed by atoms with Gasteiger partial charge in [0.25, 0.3) is 5.91 Å². The quantitative estimate of drug-likeness (QED) is 0.864. The average Bonchev–Trinajstić information content (AvgIpc) is 2.79. The molecule has 5 heteroatoms.